The lowest BCUT2D eigenvalue weighted by Gasteiger charge is -2.11. The van der Waals surface area contributed by atoms with Crippen LogP contribution in [-0.2, 0) is 4.79 Å². The van der Waals surface area contributed by atoms with Crippen LogP contribution in [0.15, 0.2) is 24.3 Å². The zero-order valence-electron chi connectivity index (χ0n) is 12.0. The van der Waals surface area contributed by atoms with Crippen molar-refractivity contribution < 1.29 is 19.4 Å². The smallest absolute Gasteiger partial charge is 0.308 e. The van der Waals surface area contributed by atoms with Crippen molar-refractivity contribution in [2.45, 2.75) is 6.92 Å². The number of nitrogens with one attached hydrogen (secondary N) is 1. The number of benzene rings is 2. The second-order valence-electron chi connectivity index (χ2n) is 4.57. The van der Waals surface area contributed by atoms with Crippen LogP contribution in [0.2, 0.25) is 20.1 Å². The zero-order valence-corrected chi connectivity index (χ0v) is 15.0. The molecule has 0 bridgehead atoms. The highest BCUT2D eigenvalue weighted by molar-refractivity contribution is 6.49. The number of amides is 1. The van der Waals surface area contributed by atoms with E-state index in [-0.39, 0.29) is 37.1 Å². The highest BCUT2D eigenvalue weighted by Crippen LogP contribution is 2.40. The molecule has 0 aliphatic rings. The summed E-state index contributed by atoms with van der Waals surface area (Å²) in [5.41, 5.74) is 0.0636. The Bertz CT molecular complexity index is 839. The Morgan fingerprint density at radius 2 is 1.71 bits per heavy atom. The number of esters is 1. The Labute approximate surface area is 157 Å². The summed E-state index contributed by atoms with van der Waals surface area (Å²) in [5, 5.41) is 12.3. The van der Waals surface area contributed by atoms with Gasteiger partial charge in [0.25, 0.3) is 5.91 Å². The number of phenolic OH excluding ortho intramolecular Hbond substituents is 1. The normalized spacial score (nSPS) is 10.4. The molecule has 1 amide bonds. The standard InChI is InChI=1S/C15H9Cl4NO4/c1-6(21)24-7-2-3-11(9(16)4-7)20-15(23)8-5-10(17)12(18)13(19)14(8)22/h2-5,22H,1H3,(H,20,23). The maximum Gasteiger partial charge on any atom is 0.308 e. The molecule has 0 heterocycles. The largest absolute Gasteiger partial charge is 0.505 e. The van der Waals surface area contributed by atoms with Gasteiger partial charge in [0.15, 0.2) is 0 Å². The number of carbonyl (C=O) groups is 2. The second kappa shape index (κ2) is 7.49. The van der Waals surface area contributed by atoms with Crippen LogP contribution in [0.1, 0.15) is 17.3 Å². The first-order valence-corrected chi connectivity index (χ1v) is 7.87. The summed E-state index contributed by atoms with van der Waals surface area (Å²) in [7, 11) is 0. The van der Waals surface area contributed by atoms with E-state index in [0.717, 1.165) is 0 Å². The molecule has 2 aromatic carbocycles. The first-order valence-electron chi connectivity index (χ1n) is 6.36. The lowest BCUT2D eigenvalue weighted by atomic mass is 10.1. The van der Waals surface area contributed by atoms with Crippen LogP contribution in [0.5, 0.6) is 11.5 Å². The van der Waals surface area contributed by atoms with Crippen molar-refractivity contribution in [2.24, 2.45) is 0 Å². The van der Waals surface area contributed by atoms with Gasteiger partial charge in [-0.2, -0.15) is 0 Å². The number of carbonyl (C=O) groups excluding carboxylic acids is 2. The minimum absolute atomic E-state index is 0.0147. The summed E-state index contributed by atoms with van der Waals surface area (Å²) in [6.07, 6.45) is 0. The van der Waals surface area contributed by atoms with E-state index in [1.807, 2.05) is 0 Å². The van der Waals surface area contributed by atoms with Crippen LogP contribution in [0.4, 0.5) is 5.69 Å². The van der Waals surface area contributed by atoms with Crippen molar-refractivity contribution in [1.29, 1.82) is 0 Å². The van der Waals surface area contributed by atoms with Gasteiger partial charge in [0.1, 0.15) is 16.5 Å². The third-order valence-electron chi connectivity index (χ3n) is 2.83. The van der Waals surface area contributed by atoms with E-state index >= 15 is 0 Å². The third kappa shape index (κ3) is 4.05. The lowest BCUT2D eigenvalue weighted by molar-refractivity contribution is -0.131. The maximum atomic E-state index is 12.3. The zero-order chi connectivity index (χ0) is 18.0. The number of hydrogen-bond acceptors (Lipinski definition) is 4. The predicted molar refractivity (Wildman–Crippen MR) is 93.9 cm³/mol. The molecular weight excluding hydrogens is 400 g/mol. The van der Waals surface area contributed by atoms with Gasteiger partial charge in [-0.15, -0.1) is 0 Å². The van der Waals surface area contributed by atoms with Gasteiger partial charge in [0.05, 0.1) is 26.3 Å². The molecule has 9 heteroatoms. The minimum atomic E-state index is -0.699. The van der Waals surface area contributed by atoms with E-state index in [1.54, 1.807) is 0 Å². The van der Waals surface area contributed by atoms with Gasteiger partial charge in [-0.05, 0) is 18.2 Å². The molecule has 2 N–H and O–H groups in total. The van der Waals surface area contributed by atoms with Gasteiger partial charge in [-0.1, -0.05) is 46.4 Å². The van der Waals surface area contributed by atoms with Crippen LogP contribution in [0.3, 0.4) is 0 Å². The van der Waals surface area contributed by atoms with E-state index in [1.165, 1.54) is 31.2 Å². The fraction of sp³-hybridized carbons (Fsp3) is 0.0667. The molecule has 2 rings (SSSR count). The van der Waals surface area contributed by atoms with E-state index in [9.17, 15) is 14.7 Å². The summed E-state index contributed by atoms with van der Waals surface area (Å²) >= 11 is 23.5. The molecule has 0 atom stereocenters. The van der Waals surface area contributed by atoms with Crippen molar-refractivity contribution in [2.75, 3.05) is 5.32 Å². The Balaban J connectivity index is 2.29. The summed E-state index contributed by atoms with van der Waals surface area (Å²) < 4.78 is 4.88. The number of phenols is 1. The summed E-state index contributed by atoms with van der Waals surface area (Å²) in [6.45, 7) is 1.25. The molecule has 0 saturated heterocycles. The van der Waals surface area contributed by atoms with Crippen LogP contribution in [0, 0.1) is 0 Å². The summed E-state index contributed by atoms with van der Waals surface area (Å²) in [5.74, 6) is -1.48. The molecule has 0 spiro atoms. The Kier molecular flexibility index (Phi) is 5.83. The Hall–Kier alpha value is -1.66. The molecule has 5 nitrogen and oxygen atoms in total. The molecule has 0 unspecified atom stereocenters. The van der Waals surface area contributed by atoms with E-state index in [2.05, 4.69) is 5.32 Å². The SMILES string of the molecule is CC(=O)Oc1ccc(NC(=O)c2cc(Cl)c(Cl)c(Cl)c2O)c(Cl)c1. The first-order chi connectivity index (χ1) is 11.2. The van der Waals surface area contributed by atoms with Crippen molar-refractivity contribution in [3.63, 3.8) is 0 Å². The van der Waals surface area contributed by atoms with E-state index < -0.39 is 17.6 Å². The topological polar surface area (TPSA) is 75.6 Å². The summed E-state index contributed by atoms with van der Waals surface area (Å²) in [6, 6.07) is 5.43. The van der Waals surface area contributed by atoms with Gasteiger partial charge in [-0.25, -0.2) is 0 Å². The number of ether oxygens (including phenoxy) is 1. The monoisotopic (exact) mass is 407 g/mol. The Morgan fingerprint density at radius 3 is 2.29 bits per heavy atom. The molecule has 126 valence electrons. The molecule has 0 saturated carbocycles. The Morgan fingerprint density at radius 1 is 1.04 bits per heavy atom. The van der Waals surface area contributed by atoms with Gasteiger partial charge in [0.2, 0.25) is 0 Å². The van der Waals surface area contributed by atoms with Crippen molar-refractivity contribution >= 4 is 64.0 Å². The summed E-state index contributed by atoms with van der Waals surface area (Å²) in [4.78, 5) is 23.2. The maximum absolute atomic E-state index is 12.3. The van der Waals surface area contributed by atoms with Gasteiger partial charge in [0, 0.05) is 13.0 Å². The predicted octanol–water partition coefficient (Wildman–Crippen LogP) is 5.18. The number of rotatable bonds is 3. The van der Waals surface area contributed by atoms with Gasteiger partial charge >= 0.3 is 5.97 Å². The average Bonchev–Trinajstić information content (AvgIpc) is 2.50. The number of halogens is 4. The van der Waals surface area contributed by atoms with E-state index in [4.69, 9.17) is 51.1 Å². The average molecular weight is 409 g/mol. The quantitative estimate of drug-likeness (QED) is 0.416. The lowest BCUT2D eigenvalue weighted by Crippen LogP contribution is -2.13. The van der Waals surface area contributed by atoms with Crippen molar-refractivity contribution in [3.05, 3.63) is 49.9 Å². The van der Waals surface area contributed by atoms with Crippen LogP contribution in [-0.4, -0.2) is 17.0 Å². The second-order valence-corrected chi connectivity index (χ2v) is 6.14. The van der Waals surface area contributed by atoms with Gasteiger partial charge < -0.3 is 15.2 Å². The molecule has 0 aliphatic heterocycles. The fourth-order valence-electron chi connectivity index (χ4n) is 1.77. The molecule has 0 aliphatic carbocycles. The number of hydrogen-bond donors (Lipinski definition) is 2. The van der Waals surface area contributed by atoms with E-state index in [0.29, 0.717) is 0 Å². The van der Waals surface area contributed by atoms with Crippen molar-refractivity contribution in [1.82, 2.24) is 0 Å². The van der Waals surface area contributed by atoms with Gasteiger partial charge in [-0.3, -0.25) is 9.59 Å². The third-order valence-corrected chi connectivity index (χ3v) is 4.40. The van der Waals surface area contributed by atoms with Crippen molar-refractivity contribution in [3.8, 4) is 11.5 Å². The molecule has 24 heavy (non-hydrogen) atoms. The molecule has 0 aromatic heterocycles. The highest BCUT2D eigenvalue weighted by atomic mass is 35.5. The number of anilines is 1. The van der Waals surface area contributed by atoms with Crippen LogP contribution in [0.25, 0.3) is 0 Å². The highest BCUT2D eigenvalue weighted by Gasteiger charge is 2.20. The molecule has 0 radical (unpaired) electrons. The fourth-order valence-corrected chi connectivity index (χ4v) is 2.59. The minimum Gasteiger partial charge on any atom is -0.505 e. The number of aromatic hydroxyl groups is 1. The first kappa shape index (κ1) is 18.7. The van der Waals surface area contributed by atoms with Crippen LogP contribution >= 0.6 is 46.4 Å². The van der Waals surface area contributed by atoms with Crippen LogP contribution < -0.4 is 10.1 Å². The molecule has 2 aromatic rings. The molecule has 0 fully saturated rings. The molecular formula is C15H9Cl4NO4.